The number of benzene rings is 4. The van der Waals surface area contributed by atoms with Gasteiger partial charge in [-0.2, -0.15) is 15.0 Å². The minimum atomic E-state index is -0.892. The number of aldehydes is 3. The largest absolute Gasteiger partial charge is 1.00 e. The first-order valence-corrected chi connectivity index (χ1v) is 36.4. The maximum atomic E-state index is 11.7. The summed E-state index contributed by atoms with van der Waals surface area (Å²) in [5.74, 6) is -0.000668. The van der Waals surface area contributed by atoms with E-state index in [1.54, 1.807) is 60.7 Å². The number of ether oxygens (including phenoxy) is 7. The fourth-order valence-corrected chi connectivity index (χ4v) is 10.9. The van der Waals surface area contributed by atoms with Crippen molar-refractivity contribution in [2.24, 2.45) is 22.9 Å². The van der Waals surface area contributed by atoms with Crippen molar-refractivity contribution in [2.75, 3.05) is 28.4 Å². The van der Waals surface area contributed by atoms with Crippen LogP contribution in [0.2, 0.25) is 5.15 Å². The van der Waals surface area contributed by atoms with Gasteiger partial charge < -0.3 is 112 Å². The summed E-state index contributed by atoms with van der Waals surface area (Å²) in [6.07, 6.45) is 2.11. The third-order valence-corrected chi connectivity index (χ3v) is 20.0. The molecule has 10 N–H and O–H groups in total. The summed E-state index contributed by atoms with van der Waals surface area (Å²) in [6.45, 7) is 24.1. The van der Waals surface area contributed by atoms with Gasteiger partial charge in [0.1, 0.15) is 56.7 Å². The van der Waals surface area contributed by atoms with Crippen molar-refractivity contribution < 1.29 is 426 Å². The van der Waals surface area contributed by atoms with Gasteiger partial charge >= 0.3 is 161 Å². The molecule has 0 atom stereocenters. The molecule has 3 saturated heterocycles. The Hall–Kier alpha value is -6.27. The van der Waals surface area contributed by atoms with Crippen LogP contribution in [0.15, 0.2) is 130 Å². The van der Waals surface area contributed by atoms with Crippen molar-refractivity contribution in [3.63, 3.8) is 0 Å². The number of carbonyl (C=O) groups excluding carboxylic acids is 8. The Labute approximate surface area is 1000 Å². The van der Waals surface area contributed by atoms with Gasteiger partial charge in [-0.25, -0.2) is 4.98 Å². The van der Waals surface area contributed by atoms with E-state index in [0.29, 0.717) is 67.5 Å². The van der Waals surface area contributed by atoms with Crippen LogP contribution >= 0.6 is 43.5 Å². The summed E-state index contributed by atoms with van der Waals surface area (Å²) in [7, 11) is 3.04. The second kappa shape index (κ2) is 48.8. The molecule has 34 nitrogen and oxygen atoms in total. The van der Waals surface area contributed by atoms with Gasteiger partial charge in [0.15, 0.2) is 12.6 Å². The van der Waals surface area contributed by atoms with Gasteiger partial charge in [0.05, 0.1) is 68.7 Å². The molecule has 733 valence electrons. The fraction of sp³-hybridized carbons (Fsp3) is 0.307. The van der Waals surface area contributed by atoms with Crippen LogP contribution in [0.5, 0.6) is 64.2 Å². The Kier molecular flexibility index (Phi) is 20.2. The molecule has 120 heavy (non-hydrogen) atoms. The van der Waals surface area contributed by atoms with E-state index in [-0.39, 0.29) is 247 Å². The number of fused-ring (bicyclic) bond motifs is 1. The van der Waals surface area contributed by atoms with E-state index in [0.717, 1.165) is 17.3 Å². The molecule has 4 aliphatic rings. The van der Waals surface area contributed by atoms with Crippen LogP contribution in [0.25, 0.3) is 0 Å². The Morgan fingerprint density at radius 1 is 0.492 bits per heavy atom. The number of nitrogens with zero attached hydrogens (tertiary/aromatic N) is 4. The average molecular weight is 2090 g/mol. The third kappa shape index (κ3) is 29.7. The number of aromatic nitrogens is 4. The molecule has 4 aromatic carbocycles. The zero-order chi connectivity index (χ0) is 199. The fourth-order valence-electron chi connectivity index (χ4n) is 10.1. The Bertz CT molecular complexity index is 5060. The van der Waals surface area contributed by atoms with Crippen molar-refractivity contribution in [3.8, 4) is 64.2 Å². The van der Waals surface area contributed by atoms with Crippen LogP contribution in [0.4, 0.5) is 0 Å². The standard InChI is InChI=1S/C20H23BN2O6.C14H13BN2O5.C14H11BrN2O4.C12H24B2O4.C7H5BrO2.C7H7ClN2O2.CH2O3.B.2K.Na.56H2.2H/c1-19(2)20(3,4)29-21(28-19)15-8-6-13(10-12(15)11-24)27-16-9-7-14(17(22)25)18(23-16)26-5;1-20-14-10(13(16)18)3-5-12(17-14)22-9-2-4-11-8(6-9)7-21-15(11)19;1-20-14-10(13(16)19)3-5-12(17-14)21-9-2-4-11(15)8(6-9)7-18;1-9(2)10(3,4)16-13(15-9)14-17-11(5,6)12(7,8)18-14;8-7-2-1-6(10)3-5(7)4-9;1-12-7-4(6(9)11)2-3-5(8)10-7;2-1-4-3;;;;;;;;;;;;;;;;;;;;;;;;;;;;;;;;;;;;;;;;;;;;;;;;;;;;;;;;;;;;;;/h6-11H,1-5H3,(H2,22,25);2-6,19H,7H2,1H3,(H2,16,18);2-7H,1H3,(H2,16,19);1-8H3;1-4,10H;2-3H,1H3,(H2,9,11);1,3H;;;;;56*1H;;/q;;;;;;;;3*+1;;;;;;;;;;;;;;;;;;;;;;;;;;;;;;;;;;;;;;;;;;;;;;;;;;;;;;;;;2*-1/p-1/i;;;;;;;;;;;56*1+1D;;. The second-order valence-corrected chi connectivity index (χ2v) is 29.8. The number of primary amides is 4. The summed E-state index contributed by atoms with van der Waals surface area (Å²) < 4.78 is 639. The van der Waals surface area contributed by atoms with Gasteiger partial charge in [-0.3, -0.25) is 38.4 Å². The molecule has 0 bridgehead atoms. The van der Waals surface area contributed by atoms with Gasteiger partial charge in [-0.05, 0) is 191 Å². The maximum absolute atomic E-state index is 11.7. The van der Waals surface area contributed by atoms with Crippen molar-refractivity contribution in [1.82, 2.24) is 19.9 Å². The van der Waals surface area contributed by atoms with Gasteiger partial charge in [-0.1, -0.05) is 55.6 Å². The minimum Gasteiger partial charge on any atom is -1.00 e. The van der Waals surface area contributed by atoms with E-state index in [1.807, 2.05) is 83.1 Å². The number of nitrogens with two attached hydrogens (primary N) is 4. The van der Waals surface area contributed by atoms with Crippen LogP contribution in [-0.4, -0.2) is 178 Å². The maximum Gasteiger partial charge on any atom is 1.00 e. The Balaban J connectivity index is -0.0000000260. The molecule has 3 fully saturated rings. The van der Waals surface area contributed by atoms with Crippen molar-refractivity contribution >= 4 is 140 Å². The minimum absolute atomic E-state index is 0. The number of carbonyl (C=O) groups is 8. The van der Waals surface area contributed by atoms with Gasteiger partial charge in [0.25, 0.3) is 30.1 Å². The molecule has 12 rings (SSSR count). The van der Waals surface area contributed by atoms with E-state index in [9.17, 15) is 38.6 Å². The number of methoxy groups -OCH3 is 4. The molecule has 0 spiro atoms. The molecule has 0 unspecified atom stereocenters. The first-order chi connectivity index (χ1) is 110. The van der Waals surface area contributed by atoms with Crippen molar-refractivity contribution in [1.29, 1.82) is 0 Å². The number of amides is 4. The van der Waals surface area contributed by atoms with E-state index < -0.39 is 63.1 Å². The molecule has 4 aliphatic heterocycles. The molecule has 4 aromatic heterocycles. The number of hydrogen-bond donors (Lipinski definition) is 6. The number of phenols is 1. The van der Waals surface area contributed by atoms with Crippen LogP contribution in [0.3, 0.4) is 0 Å². The number of halogens is 3. The van der Waals surface area contributed by atoms with Crippen LogP contribution in [0, 0.1) is 0 Å². The number of hydrogen-bond acceptors (Lipinski definition) is 30. The van der Waals surface area contributed by atoms with Crippen molar-refractivity contribution in [3.05, 3.63) is 180 Å². The molecule has 8 aromatic rings. The first-order valence-electron chi connectivity index (χ1n) is 90.5. The zero-order valence-corrected chi connectivity index (χ0v) is 81.5. The van der Waals surface area contributed by atoms with Gasteiger partial charge in [0, 0.05) is 219 Å². The Morgan fingerprint density at radius 2 is 0.800 bits per heavy atom. The van der Waals surface area contributed by atoms with Crippen LogP contribution < -0.4 is 205 Å². The second-order valence-electron chi connectivity index (χ2n) is 27.7. The zero-order valence-electron chi connectivity index (χ0n) is 183. The SMILES string of the molecule is CC1(C)OB(B2OC(C)(C)C(C)(C)O2)OC1(C)C.COc1nc(Cl)ccc1C(N)=O.COc1nc(Oc2ccc(B3OC(C)(C)C(C)(C)O3)c(C=O)c2)ccc1C(N)=O.COc1nc(Oc2ccc(Br)c(C=O)c2)ccc1C(N)=O.COc1nc(Oc2ccc3c(c2)COB3O)ccc1C(N)=O.O=CO[O-].O=Cc1cc(O)ccc1Br.[2H][2H].[2H][2H].[2H][2H].[2H][2H].[2H][2H].[2H][2H].[2H][2H].[2H][2H].[2H][2H].[2H][2H].[2H][2H].[2H][2H].[2H][2H].[2H][2H].[2H][2H].[2H][2H].[2H][2H].[2H][2H].[2H][2H].[2H][2H].[2H][2H].[2H][2H].[2H][2H].[2H][2H].[2H][2H].[2H][2H].[2H][2H].[2H][2H].[2H][2H].[2H][2H].[2H][2H].[2H][2H].[2H][2H].[2H][2H].[2H][2H].[2H][2H].[2H][2H].[2H][2H].[2H][2H].[2H][2H].[2H][2H].[2H][2H].[2H][2H].[2H][2H].[2H][2H].[2H][2H].[2H][2H].[2H][2H].[2H][2H].[2H][2H].[2H][2H].[2H][2H].[2H][2H].[2H][2H].[2H][2H].[2H][2H].[B].[H-].[H-].[K+].[K+].[Na+]. The monoisotopic (exact) mass is 2090 g/mol. The number of pyridine rings is 4. The predicted molar refractivity (Wildman–Crippen MR) is 555 cm³/mol. The number of rotatable bonds is 20. The van der Waals surface area contributed by atoms with E-state index in [2.05, 4.69) is 56.7 Å². The average Bonchev–Trinajstić information content (AvgIpc) is 1.59. The number of aromatic hydroxyl groups is 1. The number of phenolic OH excluding ortho intramolecular Hbond substituents is 1. The quantitative estimate of drug-likeness (QED) is 0.0136. The van der Waals surface area contributed by atoms with Crippen molar-refractivity contribution in [2.45, 2.75) is 123 Å². The summed E-state index contributed by atoms with van der Waals surface area (Å²) in [5, 5.41) is 27.2. The van der Waals surface area contributed by atoms with E-state index in [4.69, 9.17) is 282 Å². The molecule has 4 amide bonds. The molecule has 0 saturated carbocycles. The third-order valence-electron chi connectivity index (χ3n) is 18.3. The van der Waals surface area contributed by atoms with E-state index >= 15 is 0 Å². The topological polar surface area (TPSA) is 494 Å². The summed E-state index contributed by atoms with van der Waals surface area (Å²) >= 11 is 12.0. The van der Waals surface area contributed by atoms with Crippen LogP contribution in [0.1, 0.15) is 330 Å². The van der Waals surface area contributed by atoms with Gasteiger partial charge in [0.2, 0.25) is 41.2 Å². The normalized spacial score (nSPS) is 18.7. The van der Waals surface area contributed by atoms with Gasteiger partial charge in [-0.15, -0.1) is 0 Å². The molecule has 8 heterocycles. The summed E-state index contributed by atoms with van der Waals surface area (Å²) in [5.41, 5.74) is 22.5. The summed E-state index contributed by atoms with van der Waals surface area (Å²) in [6, 6.07) is 31.5. The first kappa shape index (κ1) is 49.6. The molecule has 3 radical (unpaired) electrons. The molecular weight excluding hydrogens is 1780 g/mol. The smallest absolute Gasteiger partial charge is 1.00 e. The molecule has 45 heteroatoms. The molecule has 0 aliphatic carbocycles. The molecular formula is C75H198B5Br2ClK2N8NaO26. The van der Waals surface area contributed by atoms with E-state index in [1.165, 1.54) is 89.1 Å². The Morgan fingerprint density at radius 3 is 1.14 bits per heavy atom. The predicted octanol–water partition coefficient (Wildman–Crippen LogP) is 13.0. The van der Waals surface area contributed by atoms with Crippen LogP contribution in [-0.2, 0) is 48.9 Å². The summed E-state index contributed by atoms with van der Waals surface area (Å²) in [4.78, 5) is 105.